The Morgan fingerprint density at radius 2 is 1.76 bits per heavy atom. The minimum Gasteiger partial charge on any atom is -0.492 e. The van der Waals surface area contributed by atoms with Crippen molar-refractivity contribution < 1.29 is 33.8 Å². The van der Waals surface area contributed by atoms with Crippen molar-refractivity contribution in [2.45, 2.75) is 56.9 Å². The Morgan fingerprint density at radius 1 is 1.00 bits per heavy atom. The highest BCUT2D eigenvalue weighted by Gasteiger charge is 2.33. The first-order chi connectivity index (χ1) is 22.2. The van der Waals surface area contributed by atoms with E-state index in [9.17, 15) is 29.1 Å². The summed E-state index contributed by atoms with van der Waals surface area (Å²) in [5.74, 6) is -1.40. The van der Waals surface area contributed by atoms with E-state index in [2.05, 4.69) is 36.7 Å². The number of rotatable bonds is 4. The van der Waals surface area contributed by atoms with E-state index in [1.54, 1.807) is 31.2 Å². The fraction of sp³-hybridized carbons (Fsp3) is 0.387. The van der Waals surface area contributed by atoms with E-state index in [1.807, 2.05) is 30.3 Å². The molecule has 3 aromatic rings. The van der Waals surface area contributed by atoms with Gasteiger partial charge in [0.1, 0.15) is 42.9 Å². The average Bonchev–Trinajstić information content (AvgIpc) is 3.68. The van der Waals surface area contributed by atoms with Gasteiger partial charge < -0.3 is 36.4 Å². The van der Waals surface area contributed by atoms with Crippen molar-refractivity contribution in [3.05, 3.63) is 66.0 Å². The Hall–Kier alpha value is -5.31. The molecule has 0 spiro atoms. The van der Waals surface area contributed by atoms with Crippen LogP contribution < -0.4 is 31.3 Å². The molecule has 0 aliphatic carbocycles. The summed E-state index contributed by atoms with van der Waals surface area (Å²) in [6.07, 6.45) is 0.545. The van der Waals surface area contributed by atoms with Gasteiger partial charge in [0, 0.05) is 18.4 Å². The summed E-state index contributed by atoms with van der Waals surface area (Å²) in [6, 6.07) is 11.9. The third kappa shape index (κ3) is 8.04. The molecule has 6 N–H and O–H groups in total. The monoisotopic (exact) mass is 632 g/mol. The number of amides is 5. The van der Waals surface area contributed by atoms with Gasteiger partial charge >= 0.3 is 0 Å². The maximum atomic E-state index is 13.5. The summed E-state index contributed by atoms with van der Waals surface area (Å²) < 4.78 is 7.14. The number of nitrogens with one attached hydrogen (secondary N) is 5. The molecule has 0 radical (unpaired) electrons. The van der Waals surface area contributed by atoms with E-state index in [0.29, 0.717) is 29.1 Å². The van der Waals surface area contributed by atoms with Gasteiger partial charge in [0.25, 0.3) is 0 Å². The first-order valence-electron chi connectivity index (χ1n) is 15.0. The van der Waals surface area contributed by atoms with E-state index < -0.39 is 48.5 Å². The van der Waals surface area contributed by atoms with Gasteiger partial charge in [-0.3, -0.25) is 24.0 Å². The summed E-state index contributed by atoms with van der Waals surface area (Å²) in [4.78, 5) is 68.9. The molecule has 1 fully saturated rings. The molecular formula is C31H36N8O7. The number of aliphatic hydroxyl groups is 1. The number of hydrogen-bond donors (Lipinski definition) is 6. The maximum absolute atomic E-state index is 13.5. The molecule has 46 heavy (non-hydrogen) atoms. The molecule has 15 heteroatoms. The van der Waals surface area contributed by atoms with E-state index in [0.717, 1.165) is 0 Å². The average molecular weight is 633 g/mol. The Balaban J connectivity index is 1.41. The second-order valence-electron chi connectivity index (χ2n) is 11.1. The lowest BCUT2D eigenvalue weighted by molar-refractivity contribution is -0.133. The van der Waals surface area contributed by atoms with Crippen molar-refractivity contribution in [1.29, 1.82) is 0 Å². The van der Waals surface area contributed by atoms with Crippen molar-refractivity contribution in [2.75, 3.05) is 19.8 Å². The molecule has 242 valence electrons. The summed E-state index contributed by atoms with van der Waals surface area (Å²) >= 11 is 0. The van der Waals surface area contributed by atoms with Crippen LogP contribution >= 0.6 is 0 Å². The lowest BCUT2D eigenvalue weighted by Crippen LogP contribution is -2.57. The molecule has 2 bridgehead atoms. The normalized spacial score (nSPS) is 22.8. The highest BCUT2D eigenvalue weighted by atomic mass is 16.5. The topological polar surface area (TPSA) is 206 Å². The Labute approximate surface area is 264 Å². The maximum Gasteiger partial charge on any atom is 0.245 e. The highest BCUT2D eigenvalue weighted by Crippen LogP contribution is 2.19. The van der Waals surface area contributed by atoms with Crippen molar-refractivity contribution in [2.24, 2.45) is 0 Å². The predicted octanol–water partition coefficient (Wildman–Crippen LogP) is -0.886. The lowest BCUT2D eigenvalue weighted by atomic mass is 10.0. The zero-order chi connectivity index (χ0) is 32.6. The van der Waals surface area contributed by atoms with Gasteiger partial charge in [0.05, 0.1) is 19.2 Å². The van der Waals surface area contributed by atoms with Crippen LogP contribution in [0.1, 0.15) is 37.2 Å². The quantitative estimate of drug-likeness (QED) is 0.211. The fourth-order valence-corrected chi connectivity index (χ4v) is 5.15. The highest BCUT2D eigenvalue weighted by molar-refractivity contribution is 5.95. The predicted molar refractivity (Wildman–Crippen MR) is 163 cm³/mol. The third-order valence-electron chi connectivity index (χ3n) is 7.59. The van der Waals surface area contributed by atoms with Crippen LogP contribution in [0.25, 0.3) is 11.4 Å². The minimum atomic E-state index is -1.38. The zero-order valence-electron chi connectivity index (χ0n) is 25.2. The number of ether oxygens (including phenoxy) is 1. The molecule has 0 unspecified atom stereocenters. The van der Waals surface area contributed by atoms with Crippen LogP contribution in [0.3, 0.4) is 0 Å². The molecule has 1 saturated heterocycles. The Kier molecular flexibility index (Phi) is 10.2. The second-order valence-corrected chi connectivity index (χ2v) is 11.1. The van der Waals surface area contributed by atoms with Crippen molar-refractivity contribution in [1.82, 2.24) is 41.3 Å². The molecule has 2 aromatic carbocycles. The van der Waals surface area contributed by atoms with Gasteiger partial charge in [-0.2, -0.15) is 5.10 Å². The lowest BCUT2D eigenvalue weighted by Gasteiger charge is -2.24. The van der Waals surface area contributed by atoms with Crippen molar-refractivity contribution in [3.63, 3.8) is 0 Å². The van der Waals surface area contributed by atoms with Crippen LogP contribution in [0.2, 0.25) is 0 Å². The summed E-state index contributed by atoms with van der Waals surface area (Å²) in [6.45, 7) is 1.12. The van der Waals surface area contributed by atoms with Gasteiger partial charge in [-0.1, -0.05) is 42.5 Å². The largest absolute Gasteiger partial charge is 0.492 e. The molecule has 3 aliphatic rings. The number of fused-ring (bicyclic) bond motifs is 14. The molecule has 4 atom stereocenters. The first-order valence-corrected chi connectivity index (χ1v) is 15.0. The van der Waals surface area contributed by atoms with E-state index >= 15 is 0 Å². The summed E-state index contributed by atoms with van der Waals surface area (Å²) in [5, 5.41) is 27.9. The molecule has 6 rings (SSSR count). The number of nitrogens with zero attached hydrogens (tertiary/aromatic N) is 3. The fourth-order valence-electron chi connectivity index (χ4n) is 5.15. The Morgan fingerprint density at radius 3 is 2.46 bits per heavy atom. The summed E-state index contributed by atoms with van der Waals surface area (Å²) in [7, 11) is 0. The van der Waals surface area contributed by atoms with Crippen LogP contribution in [0.4, 0.5) is 0 Å². The first kappa shape index (κ1) is 32.1. The summed E-state index contributed by atoms with van der Waals surface area (Å²) in [5.41, 5.74) is 1.38. The SMILES string of the molecule is C[C@@H]1NC(=O)[C@H](CO)NC(=O)[C@@H](NC(=O)[C@@H]2CCC(=O)N2)Cc2ccc(cc2)OCCNC(=O)Cn2nc(-c3ccccc3)nc21. The van der Waals surface area contributed by atoms with Gasteiger partial charge in [0.15, 0.2) is 5.82 Å². The molecule has 3 aliphatic heterocycles. The molecule has 5 amide bonds. The number of carbonyl (C=O) groups excluding carboxylic acids is 5. The van der Waals surface area contributed by atoms with E-state index in [4.69, 9.17) is 4.74 Å². The minimum absolute atomic E-state index is 0.0517. The van der Waals surface area contributed by atoms with E-state index in [1.165, 1.54) is 4.68 Å². The van der Waals surface area contributed by atoms with Crippen LogP contribution in [-0.4, -0.2) is 87.3 Å². The smallest absolute Gasteiger partial charge is 0.245 e. The second kappa shape index (κ2) is 14.6. The molecule has 0 saturated carbocycles. The number of aliphatic hydroxyl groups excluding tert-OH is 1. The van der Waals surface area contributed by atoms with Crippen molar-refractivity contribution >= 4 is 29.5 Å². The van der Waals surface area contributed by atoms with Gasteiger partial charge in [0.2, 0.25) is 29.5 Å². The number of carbonyl (C=O) groups is 5. The van der Waals surface area contributed by atoms with Crippen LogP contribution in [0.15, 0.2) is 54.6 Å². The van der Waals surface area contributed by atoms with Gasteiger partial charge in [-0.15, -0.1) is 0 Å². The number of aromatic nitrogens is 3. The Bertz CT molecular complexity index is 1580. The van der Waals surface area contributed by atoms with Crippen LogP contribution in [0.5, 0.6) is 5.75 Å². The van der Waals surface area contributed by atoms with Gasteiger partial charge in [-0.05, 0) is 31.0 Å². The van der Waals surface area contributed by atoms with Gasteiger partial charge in [-0.25, -0.2) is 9.67 Å². The standard InChI is InChI=1S/C31H36N8O7/c1-18-28-37-27(20-5-3-2-4-6-20)38-39(28)16-26(42)32-13-14-46-21-9-7-19(8-10-21)15-23(30(44)36-24(17-40)31(45)33-18)35-29(43)22-11-12-25(41)34-22/h2-10,18,22-24,40H,11-17H2,1H3,(H,32,42)(H,33,45)(H,34,41)(H,35,43)(H,36,44)/t18-,22-,23-,24-/m0/s1. The molecule has 4 heterocycles. The molecule has 15 nitrogen and oxygen atoms in total. The molecular weight excluding hydrogens is 596 g/mol. The van der Waals surface area contributed by atoms with E-state index in [-0.39, 0.29) is 50.2 Å². The van der Waals surface area contributed by atoms with Crippen LogP contribution in [0, 0.1) is 0 Å². The number of hydrogen-bond acceptors (Lipinski definition) is 9. The van der Waals surface area contributed by atoms with Crippen molar-refractivity contribution in [3.8, 4) is 17.1 Å². The van der Waals surface area contributed by atoms with Crippen LogP contribution in [-0.2, 0) is 36.9 Å². The molecule has 1 aromatic heterocycles. The third-order valence-corrected chi connectivity index (χ3v) is 7.59. The zero-order valence-corrected chi connectivity index (χ0v) is 25.2. The number of benzene rings is 2.